The number of aromatic nitrogens is 1. The number of carbonyl (C=O) groups excluding carboxylic acids is 2. The molecule has 10 heteroatoms. The van der Waals surface area contributed by atoms with E-state index in [1.807, 2.05) is 63.2 Å². The van der Waals surface area contributed by atoms with E-state index < -0.39 is 12.0 Å². The number of hydrogen-bond acceptors (Lipinski definition) is 8. The fraction of sp³-hybridized carbons (Fsp3) is 0.222. The van der Waals surface area contributed by atoms with Crippen LogP contribution in [0.1, 0.15) is 48.5 Å². The molecule has 9 nitrogen and oxygen atoms in total. The van der Waals surface area contributed by atoms with Crippen LogP contribution in [0.15, 0.2) is 98.3 Å². The maximum atomic E-state index is 14.4. The highest BCUT2D eigenvalue weighted by Crippen LogP contribution is 2.40. The number of esters is 1. The van der Waals surface area contributed by atoms with Crippen molar-refractivity contribution in [2.75, 3.05) is 27.3 Å². The average molecular weight is 636 g/mol. The van der Waals surface area contributed by atoms with Crippen LogP contribution in [0.2, 0.25) is 0 Å². The molecule has 6 rings (SSSR count). The molecular weight excluding hydrogens is 602 g/mol. The molecule has 0 bridgehead atoms. The number of carbonyl (C=O) groups is 2. The predicted molar refractivity (Wildman–Crippen MR) is 178 cm³/mol. The van der Waals surface area contributed by atoms with E-state index in [0.717, 1.165) is 16.3 Å². The van der Waals surface area contributed by atoms with E-state index in [0.29, 0.717) is 62.1 Å². The molecule has 0 N–H and O–H groups in total. The molecule has 1 atom stereocenters. The zero-order valence-electron chi connectivity index (χ0n) is 26.2. The van der Waals surface area contributed by atoms with Crippen molar-refractivity contribution in [3.63, 3.8) is 0 Å². The number of furan rings is 1. The molecule has 0 aliphatic carbocycles. The first kappa shape index (κ1) is 30.8. The first-order chi connectivity index (χ1) is 22.3. The first-order valence-electron chi connectivity index (χ1n) is 15.0. The van der Waals surface area contributed by atoms with Crippen LogP contribution < -0.4 is 19.6 Å². The van der Waals surface area contributed by atoms with Gasteiger partial charge in [-0.25, -0.2) is 9.79 Å². The molecular formula is C36H33N3O6S. The second kappa shape index (κ2) is 12.6. The van der Waals surface area contributed by atoms with Crippen LogP contribution in [0.25, 0.3) is 28.2 Å². The second-order valence-electron chi connectivity index (χ2n) is 10.7. The maximum absolute atomic E-state index is 14.4. The molecule has 3 aromatic carbocycles. The fourth-order valence-electron chi connectivity index (χ4n) is 5.92. The highest BCUT2D eigenvalue weighted by Gasteiger charge is 2.36. The minimum atomic E-state index is -0.777. The zero-order valence-corrected chi connectivity index (χ0v) is 27.0. The van der Waals surface area contributed by atoms with E-state index in [-0.39, 0.29) is 11.5 Å². The molecule has 1 aliphatic heterocycles. The third-order valence-electron chi connectivity index (χ3n) is 8.20. The summed E-state index contributed by atoms with van der Waals surface area (Å²) in [5, 5.41) is 1.84. The van der Waals surface area contributed by atoms with Crippen LogP contribution in [0.3, 0.4) is 0 Å². The van der Waals surface area contributed by atoms with Crippen LogP contribution in [0.5, 0.6) is 5.75 Å². The lowest BCUT2D eigenvalue weighted by molar-refractivity contribution is -0.127. The fourth-order valence-corrected chi connectivity index (χ4v) is 6.94. The van der Waals surface area contributed by atoms with Gasteiger partial charge in [-0.1, -0.05) is 53.8 Å². The quantitative estimate of drug-likeness (QED) is 0.214. The topological polar surface area (TPSA) is 103 Å². The number of amides is 1. The molecule has 1 amide bonds. The number of rotatable bonds is 8. The maximum Gasteiger partial charge on any atom is 0.337 e. The summed E-state index contributed by atoms with van der Waals surface area (Å²) >= 11 is 1.23. The van der Waals surface area contributed by atoms with Crippen molar-refractivity contribution in [3.05, 3.63) is 121 Å². The van der Waals surface area contributed by atoms with Gasteiger partial charge in [-0.05, 0) is 61.9 Å². The molecule has 234 valence electrons. The van der Waals surface area contributed by atoms with Crippen molar-refractivity contribution in [1.82, 2.24) is 9.47 Å². The summed E-state index contributed by atoms with van der Waals surface area (Å²) in [4.78, 5) is 47.5. The Kier molecular flexibility index (Phi) is 8.46. The van der Waals surface area contributed by atoms with Crippen LogP contribution in [-0.4, -0.2) is 48.7 Å². The van der Waals surface area contributed by atoms with Gasteiger partial charge in [-0.15, -0.1) is 0 Å². The summed E-state index contributed by atoms with van der Waals surface area (Å²) < 4.78 is 18.8. The van der Waals surface area contributed by atoms with Crippen LogP contribution in [0.4, 0.5) is 0 Å². The standard InChI is InChI=1S/C36H33N3O6S/c1-6-38(7-2)34(41)30-21(3)37-36-39(32(30)31-26-14-9-8-11-22(26)15-17-28(31)43-4)33(40)29(46-36)20-25-16-18-27(45-25)23-12-10-13-24(19-23)35(42)44-5/h8-20,32H,6-7H2,1-5H3/b29-20+/t32-/m0/s1. The van der Waals surface area contributed by atoms with Crippen LogP contribution in [0, 0.1) is 0 Å². The van der Waals surface area contributed by atoms with Gasteiger partial charge in [0.1, 0.15) is 23.3 Å². The summed E-state index contributed by atoms with van der Waals surface area (Å²) in [6, 6.07) is 21.4. The number of ether oxygens (including phenoxy) is 2. The van der Waals surface area contributed by atoms with Gasteiger partial charge in [-0.3, -0.25) is 14.2 Å². The van der Waals surface area contributed by atoms with Gasteiger partial charge in [-0.2, -0.15) is 0 Å². The third kappa shape index (κ3) is 5.34. The minimum absolute atomic E-state index is 0.176. The molecule has 1 aliphatic rings. The summed E-state index contributed by atoms with van der Waals surface area (Å²) in [7, 11) is 2.93. The number of allylic oxidation sites excluding steroid dienone is 1. The Hall–Kier alpha value is -5.22. The van der Waals surface area contributed by atoms with Crippen molar-refractivity contribution in [3.8, 4) is 17.1 Å². The van der Waals surface area contributed by atoms with E-state index in [4.69, 9.17) is 18.9 Å². The lowest BCUT2D eigenvalue weighted by Crippen LogP contribution is -2.43. The number of fused-ring (bicyclic) bond motifs is 2. The normalized spacial score (nSPS) is 14.6. The lowest BCUT2D eigenvalue weighted by atomic mass is 9.90. The largest absolute Gasteiger partial charge is 0.496 e. The number of benzene rings is 3. The molecule has 0 radical (unpaired) electrons. The zero-order chi connectivity index (χ0) is 32.5. The molecule has 3 heterocycles. The van der Waals surface area contributed by atoms with Gasteiger partial charge in [0.2, 0.25) is 0 Å². The molecule has 0 saturated carbocycles. The number of likely N-dealkylation sites (N-methyl/N-ethyl adjacent to an activating group) is 1. The van der Waals surface area contributed by atoms with Crippen LogP contribution >= 0.6 is 11.3 Å². The van der Waals surface area contributed by atoms with E-state index in [1.165, 1.54) is 18.4 Å². The Labute approximate surface area is 269 Å². The van der Waals surface area contributed by atoms with Crippen molar-refractivity contribution in [2.45, 2.75) is 26.8 Å². The Bertz CT molecular complexity index is 2200. The molecule has 0 unspecified atom stereocenters. The lowest BCUT2D eigenvalue weighted by Gasteiger charge is -2.30. The molecule has 5 aromatic rings. The molecule has 0 saturated heterocycles. The van der Waals surface area contributed by atoms with E-state index in [1.54, 1.807) is 53.0 Å². The highest BCUT2D eigenvalue weighted by atomic mass is 32.1. The Balaban J connectivity index is 1.54. The van der Waals surface area contributed by atoms with Gasteiger partial charge >= 0.3 is 5.97 Å². The summed E-state index contributed by atoms with van der Waals surface area (Å²) in [6.07, 6.45) is 1.68. The van der Waals surface area contributed by atoms with Gasteiger partial charge in [0.25, 0.3) is 11.5 Å². The van der Waals surface area contributed by atoms with Crippen molar-refractivity contribution in [1.29, 1.82) is 0 Å². The van der Waals surface area contributed by atoms with E-state index in [2.05, 4.69) is 0 Å². The van der Waals surface area contributed by atoms with Gasteiger partial charge in [0.15, 0.2) is 4.80 Å². The number of thiazole rings is 1. The predicted octanol–water partition coefficient (Wildman–Crippen LogP) is 5.31. The Morgan fingerprint density at radius 2 is 1.80 bits per heavy atom. The Morgan fingerprint density at radius 1 is 1.02 bits per heavy atom. The van der Waals surface area contributed by atoms with Crippen molar-refractivity contribution in [2.24, 2.45) is 4.99 Å². The Morgan fingerprint density at radius 3 is 2.54 bits per heavy atom. The second-order valence-corrected chi connectivity index (χ2v) is 11.7. The molecule has 2 aromatic heterocycles. The number of hydrogen-bond donors (Lipinski definition) is 0. The average Bonchev–Trinajstić information content (AvgIpc) is 3.67. The number of methoxy groups -OCH3 is 2. The van der Waals surface area contributed by atoms with E-state index in [9.17, 15) is 14.4 Å². The van der Waals surface area contributed by atoms with E-state index >= 15 is 0 Å². The smallest absolute Gasteiger partial charge is 0.337 e. The van der Waals surface area contributed by atoms with Crippen LogP contribution in [-0.2, 0) is 9.53 Å². The summed E-state index contributed by atoms with van der Waals surface area (Å²) in [5.74, 6) is 0.943. The SMILES string of the molecule is CCN(CC)C(=O)C1=C(C)N=c2s/c(=C/c3ccc(-c4cccc(C(=O)OC)c4)o3)c(=O)n2[C@@H]1c1c(OC)ccc2ccccc12. The monoisotopic (exact) mass is 635 g/mol. The molecule has 0 fully saturated rings. The third-order valence-corrected chi connectivity index (χ3v) is 9.18. The number of nitrogens with zero attached hydrogens (tertiary/aromatic N) is 3. The van der Waals surface area contributed by atoms with Gasteiger partial charge < -0.3 is 18.8 Å². The summed E-state index contributed by atoms with van der Waals surface area (Å²) in [6.45, 7) is 6.71. The molecule has 46 heavy (non-hydrogen) atoms. The first-order valence-corrected chi connectivity index (χ1v) is 15.8. The highest BCUT2D eigenvalue weighted by molar-refractivity contribution is 7.07. The minimum Gasteiger partial charge on any atom is -0.496 e. The van der Waals surface area contributed by atoms with Crippen molar-refractivity contribution < 1.29 is 23.5 Å². The molecule has 0 spiro atoms. The van der Waals surface area contributed by atoms with Crippen molar-refractivity contribution >= 4 is 40.1 Å². The van der Waals surface area contributed by atoms with Gasteiger partial charge in [0, 0.05) is 30.3 Å². The summed E-state index contributed by atoms with van der Waals surface area (Å²) in [5.41, 5.74) is 2.51. The van der Waals surface area contributed by atoms with Gasteiger partial charge in [0.05, 0.1) is 35.6 Å².